The van der Waals surface area contributed by atoms with Crippen molar-refractivity contribution in [2.45, 2.75) is 6.92 Å². The maximum Gasteiger partial charge on any atom is 0.271 e. The molecule has 0 aliphatic carbocycles. The molecule has 1 aromatic carbocycles. The minimum absolute atomic E-state index is 0.0569. The molecule has 0 saturated carbocycles. The number of benzene rings is 1. The van der Waals surface area contributed by atoms with Crippen molar-refractivity contribution in [3.8, 4) is 0 Å². The number of hydrogen-bond acceptors (Lipinski definition) is 3. The molecule has 0 bridgehead atoms. The SMILES string of the molecule is C=CCN(C(C)=O)c1cc([N+](=O)[O-])ccc1Br. The Kier molecular flexibility index (Phi) is 4.39. The van der Waals surface area contributed by atoms with E-state index < -0.39 is 4.92 Å². The van der Waals surface area contributed by atoms with Crippen LogP contribution in [0.4, 0.5) is 11.4 Å². The maximum absolute atomic E-state index is 11.5. The summed E-state index contributed by atoms with van der Waals surface area (Å²) in [4.78, 5) is 23.0. The first-order valence-corrected chi connectivity index (χ1v) is 5.59. The minimum atomic E-state index is -0.498. The standard InChI is InChI=1S/C11H11BrN2O3/c1-3-6-13(8(2)15)11-7-9(14(16)17)4-5-10(11)12/h3-5,7H,1,6H2,2H3. The molecule has 90 valence electrons. The van der Waals surface area contributed by atoms with E-state index in [1.54, 1.807) is 12.1 Å². The van der Waals surface area contributed by atoms with Crippen LogP contribution in [0, 0.1) is 10.1 Å². The van der Waals surface area contributed by atoms with Gasteiger partial charge in [-0.2, -0.15) is 0 Å². The van der Waals surface area contributed by atoms with Gasteiger partial charge in [-0.15, -0.1) is 6.58 Å². The number of halogens is 1. The molecule has 6 heteroatoms. The molecule has 0 aliphatic rings. The molecule has 0 fully saturated rings. The van der Waals surface area contributed by atoms with Crippen LogP contribution in [0.25, 0.3) is 0 Å². The number of nitro benzene ring substituents is 1. The first-order valence-electron chi connectivity index (χ1n) is 4.80. The van der Waals surface area contributed by atoms with Crippen LogP contribution in [0.3, 0.4) is 0 Å². The van der Waals surface area contributed by atoms with Gasteiger partial charge >= 0.3 is 0 Å². The fourth-order valence-corrected chi connectivity index (χ4v) is 1.81. The second-order valence-corrected chi connectivity index (χ2v) is 4.17. The lowest BCUT2D eigenvalue weighted by molar-refractivity contribution is -0.384. The van der Waals surface area contributed by atoms with E-state index in [1.807, 2.05) is 0 Å². The highest BCUT2D eigenvalue weighted by Crippen LogP contribution is 2.30. The van der Waals surface area contributed by atoms with Gasteiger partial charge in [0, 0.05) is 30.1 Å². The van der Waals surface area contributed by atoms with Crippen LogP contribution < -0.4 is 4.90 Å². The summed E-state index contributed by atoms with van der Waals surface area (Å²) in [5.74, 6) is -0.203. The molecule has 0 unspecified atom stereocenters. The quantitative estimate of drug-likeness (QED) is 0.488. The van der Waals surface area contributed by atoms with E-state index in [2.05, 4.69) is 22.5 Å². The molecule has 1 aromatic rings. The Morgan fingerprint density at radius 3 is 2.76 bits per heavy atom. The second kappa shape index (κ2) is 5.58. The molecule has 0 atom stereocenters. The summed E-state index contributed by atoms with van der Waals surface area (Å²) in [5, 5.41) is 10.7. The Hall–Kier alpha value is -1.69. The number of nitrogens with zero attached hydrogens (tertiary/aromatic N) is 2. The van der Waals surface area contributed by atoms with Gasteiger partial charge in [0.2, 0.25) is 5.91 Å². The van der Waals surface area contributed by atoms with E-state index in [1.165, 1.54) is 24.0 Å². The van der Waals surface area contributed by atoms with Crippen LogP contribution >= 0.6 is 15.9 Å². The van der Waals surface area contributed by atoms with Crippen LogP contribution in [0.15, 0.2) is 35.3 Å². The number of carbonyl (C=O) groups excluding carboxylic acids is 1. The van der Waals surface area contributed by atoms with Gasteiger partial charge in [-0.05, 0) is 22.0 Å². The Morgan fingerprint density at radius 1 is 1.65 bits per heavy atom. The molecule has 0 saturated heterocycles. The summed E-state index contributed by atoms with van der Waals surface area (Å²) in [6, 6.07) is 4.28. The minimum Gasteiger partial charge on any atom is -0.307 e. The molecule has 17 heavy (non-hydrogen) atoms. The molecule has 0 N–H and O–H groups in total. The van der Waals surface area contributed by atoms with Crippen molar-refractivity contribution in [3.63, 3.8) is 0 Å². The third-order valence-corrected chi connectivity index (χ3v) is 2.79. The molecule has 0 heterocycles. The monoisotopic (exact) mass is 298 g/mol. The van der Waals surface area contributed by atoms with Crippen molar-refractivity contribution < 1.29 is 9.72 Å². The van der Waals surface area contributed by atoms with Crippen molar-refractivity contribution in [1.82, 2.24) is 0 Å². The topological polar surface area (TPSA) is 63.5 Å². The number of rotatable bonds is 4. The highest BCUT2D eigenvalue weighted by atomic mass is 79.9. The molecule has 0 spiro atoms. The van der Waals surface area contributed by atoms with Crippen LogP contribution in [0.5, 0.6) is 0 Å². The van der Waals surface area contributed by atoms with Crippen LogP contribution in [-0.4, -0.2) is 17.4 Å². The lowest BCUT2D eigenvalue weighted by Crippen LogP contribution is -2.28. The highest BCUT2D eigenvalue weighted by molar-refractivity contribution is 9.10. The summed E-state index contributed by atoms with van der Waals surface area (Å²) in [5.41, 5.74) is 0.408. The molecule has 1 rings (SSSR count). The summed E-state index contributed by atoms with van der Waals surface area (Å²) in [6.07, 6.45) is 1.56. The third kappa shape index (κ3) is 3.13. The Bertz CT molecular complexity index is 474. The Balaban J connectivity index is 3.25. The summed E-state index contributed by atoms with van der Waals surface area (Å²) in [7, 11) is 0. The van der Waals surface area contributed by atoms with Gasteiger partial charge in [-0.3, -0.25) is 14.9 Å². The van der Waals surface area contributed by atoms with Crippen molar-refractivity contribution in [2.75, 3.05) is 11.4 Å². The van der Waals surface area contributed by atoms with Gasteiger partial charge in [-0.25, -0.2) is 0 Å². The molecule has 0 radical (unpaired) electrons. The van der Waals surface area contributed by atoms with Crippen LogP contribution in [-0.2, 0) is 4.79 Å². The zero-order valence-corrected chi connectivity index (χ0v) is 10.8. The number of anilines is 1. The summed E-state index contributed by atoms with van der Waals surface area (Å²) < 4.78 is 0.625. The molecule has 0 aromatic heterocycles. The zero-order valence-electron chi connectivity index (χ0n) is 9.22. The number of carbonyl (C=O) groups is 1. The smallest absolute Gasteiger partial charge is 0.271 e. The van der Waals surface area contributed by atoms with Gasteiger partial charge in [0.05, 0.1) is 10.6 Å². The molecule has 5 nitrogen and oxygen atoms in total. The predicted octanol–water partition coefficient (Wildman–Crippen LogP) is 2.90. The number of nitro groups is 1. The predicted molar refractivity (Wildman–Crippen MR) is 69.0 cm³/mol. The summed E-state index contributed by atoms with van der Waals surface area (Å²) >= 11 is 3.27. The van der Waals surface area contributed by atoms with Gasteiger partial charge in [0.1, 0.15) is 0 Å². The lowest BCUT2D eigenvalue weighted by Gasteiger charge is -2.20. The van der Waals surface area contributed by atoms with Gasteiger partial charge in [0.25, 0.3) is 5.69 Å². The number of amides is 1. The molecular weight excluding hydrogens is 288 g/mol. The van der Waals surface area contributed by atoms with Crippen molar-refractivity contribution in [3.05, 3.63) is 45.4 Å². The molecular formula is C11H11BrN2O3. The summed E-state index contributed by atoms with van der Waals surface area (Å²) in [6.45, 7) is 5.25. The van der Waals surface area contributed by atoms with E-state index in [0.717, 1.165) is 0 Å². The van der Waals surface area contributed by atoms with E-state index >= 15 is 0 Å². The van der Waals surface area contributed by atoms with Gasteiger partial charge < -0.3 is 4.90 Å². The zero-order chi connectivity index (χ0) is 13.0. The second-order valence-electron chi connectivity index (χ2n) is 3.31. The fraction of sp³-hybridized carbons (Fsp3) is 0.182. The van der Waals surface area contributed by atoms with E-state index in [4.69, 9.17) is 0 Å². The van der Waals surface area contributed by atoms with Crippen LogP contribution in [0.2, 0.25) is 0 Å². The first-order chi connectivity index (χ1) is 7.97. The highest BCUT2D eigenvalue weighted by Gasteiger charge is 2.17. The van der Waals surface area contributed by atoms with E-state index in [-0.39, 0.29) is 11.6 Å². The van der Waals surface area contributed by atoms with Gasteiger partial charge in [-0.1, -0.05) is 6.08 Å². The molecule has 1 amide bonds. The average molecular weight is 299 g/mol. The normalized spacial score (nSPS) is 9.76. The average Bonchev–Trinajstić information content (AvgIpc) is 2.26. The molecule has 0 aliphatic heterocycles. The Labute approximate surface area is 107 Å². The Morgan fingerprint density at radius 2 is 2.29 bits per heavy atom. The van der Waals surface area contributed by atoms with Crippen LogP contribution in [0.1, 0.15) is 6.92 Å². The van der Waals surface area contributed by atoms with E-state index in [0.29, 0.717) is 16.7 Å². The van der Waals surface area contributed by atoms with E-state index in [9.17, 15) is 14.9 Å². The van der Waals surface area contributed by atoms with Crippen molar-refractivity contribution >= 4 is 33.2 Å². The number of non-ortho nitro benzene ring substituents is 1. The third-order valence-electron chi connectivity index (χ3n) is 2.12. The maximum atomic E-state index is 11.5. The largest absolute Gasteiger partial charge is 0.307 e. The lowest BCUT2D eigenvalue weighted by atomic mass is 10.2. The number of hydrogen-bond donors (Lipinski definition) is 0. The first kappa shape index (κ1) is 13.4. The fourth-order valence-electron chi connectivity index (χ4n) is 1.35. The van der Waals surface area contributed by atoms with Crippen molar-refractivity contribution in [1.29, 1.82) is 0 Å². The van der Waals surface area contributed by atoms with Crippen molar-refractivity contribution in [2.24, 2.45) is 0 Å². The van der Waals surface area contributed by atoms with Gasteiger partial charge in [0.15, 0.2) is 0 Å².